The molecule has 0 saturated carbocycles. The van der Waals surface area contributed by atoms with E-state index in [4.69, 9.17) is 15.3 Å². The molecule has 2 fully saturated rings. The number of thioether (sulfide) groups is 6. The number of esters is 3. The first-order chi connectivity index (χ1) is 25.2. The maximum absolute atomic E-state index is 12.1. The molecular weight excluding hydrogens is 852 g/mol. The zero-order valence-electron chi connectivity index (χ0n) is 36.5. The molecule has 0 N–H and O–H groups in total. The quantitative estimate of drug-likeness (QED) is 0.0511. The van der Waals surface area contributed by atoms with Gasteiger partial charge >= 0.3 is 17.9 Å². The molecule has 6 nitrogen and oxygen atoms in total. The molecule has 6 atom stereocenters. The van der Waals surface area contributed by atoms with Gasteiger partial charge in [-0.1, -0.05) is 34.1 Å². The van der Waals surface area contributed by atoms with Gasteiger partial charge in [0.15, 0.2) is 5.99 Å². The van der Waals surface area contributed by atoms with Crippen LogP contribution in [0, 0.1) is 11.8 Å². The smallest absolute Gasteiger partial charge is 0.333 e. The predicted octanol–water partition coefficient (Wildman–Crippen LogP) is 10.8. The van der Waals surface area contributed by atoms with E-state index in [1.165, 1.54) is 11.5 Å². The van der Waals surface area contributed by atoms with Crippen LogP contribution >= 0.6 is 108 Å². The molecule has 0 radical (unpaired) electrons. The lowest BCUT2D eigenvalue weighted by molar-refractivity contribution is -0.159. The Balaban J connectivity index is 0. The Morgan fingerprint density at radius 1 is 0.704 bits per heavy atom. The minimum absolute atomic E-state index is 0.0634. The minimum atomic E-state index is -0.413. The molecule has 2 aliphatic heterocycles. The van der Waals surface area contributed by atoms with Crippen LogP contribution in [0.15, 0.2) is 12.2 Å². The highest BCUT2D eigenvalue weighted by Crippen LogP contribution is 2.34. The molecule has 0 amide bonds. The molecule has 2 rings (SSSR count). The summed E-state index contributed by atoms with van der Waals surface area (Å²) in [6.07, 6.45) is 0. The summed E-state index contributed by atoms with van der Waals surface area (Å²) in [5.74, 6) is 10.5. The Kier molecular flexibility index (Phi) is 31.2. The average molecular weight is 926 g/mol. The monoisotopic (exact) mass is 925 g/mol. The minimum Gasteiger partial charge on any atom is -0.460 e. The molecule has 0 bridgehead atoms. The van der Waals surface area contributed by atoms with Crippen molar-refractivity contribution < 1.29 is 28.6 Å². The third kappa shape index (κ3) is 35.3. The maximum Gasteiger partial charge on any atom is 0.333 e. The fraction of sp³-hybridized carbons (Fsp3) is 0.868. The number of thiol groups is 3. The first-order valence-corrected chi connectivity index (χ1v) is 26.8. The van der Waals surface area contributed by atoms with Gasteiger partial charge in [-0.25, -0.2) is 17.2 Å². The van der Waals surface area contributed by atoms with Gasteiger partial charge in [-0.2, -0.15) is 95.8 Å². The van der Waals surface area contributed by atoms with Crippen molar-refractivity contribution in [3.05, 3.63) is 12.2 Å². The molecule has 54 heavy (non-hydrogen) atoms. The van der Waals surface area contributed by atoms with E-state index in [1.807, 2.05) is 137 Å². The second-order valence-electron chi connectivity index (χ2n) is 16.5. The molecule has 318 valence electrons. The van der Waals surface area contributed by atoms with Gasteiger partial charge in [0.25, 0.3) is 0 Å². The van der Waals surface area contributed by atoms with Crippen molar-refractivity contribution in [3.63, 3.8) is 0 Å². The summed E-state index contributed by atoms with van der Waals surface area (Å²) < 4.78 is 22.4. The highest BCUT2D eigenvalue weighted by molar-refractivity contribution is 8.10. The maximum atomic E-state index is 12.1. The Labute approximate surface area is 374 Å². The number of ether oxygens (including phenoxy) is 3. The van der Waals surface area contributed by atoms with E-state index in [2.05, 4.69) is 55.4 Å². The zero-order chi connectivity index (χ0) is 43.0. The SMILES string of the molecule is C=C(C)C(=O)OC(C)(C)C.CC(CSCC1CSC(CSCC(C)C(=O)OC(C)(C)C)CS1)C(=O)OC(C)(C)C.SCC1CSC(CS)CS1.[2H]SB(C)C. The van der Waals surface area contributed by atoms with Gasteiger partial charge in [0.05, 0.1) is 13.0 Å². The Morgan fingerprint density at radius 2 is 1.00 bits per heavy atom. The second-order valence-corrected chi connectivity index (χ2v) is 25.6. The van der Waals surface area contributed by atoms with Gasteiger partial charge in [0, 0.05) is 84.1 Å². The molecule has 2 heterocycles. The van der Waals surface area contributed by atoms with Gasteiger partial charge < -0.3 is 14.2 Å². The Morgan fingerprint density at radius 3 is 1.20 bits per heavy atom. The van der Waals surface area contributed by atoms with Crippen molar-refractivity contribution >= 4 is 132 Å². The van der Waals surface area contributed by atoms with Crippen LogP contribution in [-0.4, -0.2) is 120 Å². The van der Waals surface area contributed by atoms with E-state index in [9.17, 15) is 14.4 Å². The second kappa shape index (κ2) is 30.4. The van der Waals surface area contributed by atoms with Crippen molar-refractivity contribution in [3.8, 4) is 0 Å². The van der Waals surface area contributed by atoms with E-state index in [-0.39, 0.29) is 29.7 Å². The average Bonchev–Trinajstić information content (AvgIpc) is 3.07. The van der Waals surface area contributed by atoms with Crippen LogP contribution < -0.4 is 0 Å². The summed E-state index contributed by atoms with van der Waals surface area (Å²) >= 11 is 21.6. The molecule has 0 aromatic heterocycles. The number of rotatable bonds is 14. The van der Waals surface area contributed by atoms with E-state index in [1.54, 1.807) is 6.92 Å². The molecule has 2 aliphatic rings. The topological polar surface area (TPSA) is 78.9 Å². The number of hydrogen-bond donors (Lipinski definition) is 3. The van der Waals surface area contributed by atoms with Crippen molar-refractivity contribution in [2.75, 3.05) is 57.5 Å². The first-order valence-electron chi connectivity index (χ1n) is 18.9. The summed E-state index contributed by atoms with van der Waals surface area (Å²) in [5.41, 5.74) is -0.793. The van der Waals surface area contributed by atoms with E-state index >= 15 is 0 Å². The Bertz CT molecular complexity index is 1010. The summed E-state index contributed by atoms with van der Waals surface area (Å²) in [7, 11) is 0. The largest absolute Gasteiger partial charge is 0.460 e. The van der Waals surface area contributed by atoms with Crippen LogP contribution in [0.3, 0.4) is 0 Å². The van der Waals surface area contributed by atoms with Crippen LogP contribution in [0.5, 0.6) is 0 Å². The summed E-state index contributed by atoms with van der Waals surface area (Å²) in [4.78, 5) is 35.0. The van der Waals surface area contributed by atoms with Crippen LogP contribution in [0.25, 0.3) is 0 Å². The Hall–Kier alpha value is 1.36. The lowest BCUT2D eigenvalue weighted by Gasteiger charge is -2.28. The molecule has 6 unspecified atom stereocenters. The van der Waals surface area contributed by atoms with Crippen molar-refractivity contribution in [1.82, 2.24) is 0 Å². The molecular formula is C38H73BO6S9. The standard InChI is InChI=1S/C22H40O4S4.C8H14O2.C6H12S4.C2H7BS/c1-15(19(23)25-21(3,4)5)9-27-11-17-13-30-18(14-29-17)12-28-10-16(2)20(24)26-22(6,7)8;1-6(2)7(9)10-8(3,4)5;7-1-5-3-10-6(2-8)4-9-5;1-3(2)4/h15-18H,9-14H2,1-8H3;1H2,2-5H3;5-8H,1-4H2;4H,1-2H3/i;;;4D. The van der Waals surface area contributed by atoms with Gasteiger partial charge in [-0.15, -0.1) is 0 Å². The van der Waals surface area contributed by atoms with E-state index in [0.717, 1.165) is 68.9 Å². The molecule has 0 aromatic carbocycles. The number of carbonyl (C=O) groups is 3. The van der Waals surface area contributed by atoms with Crippen LogP contribution in [0.1, 0.15) is 83.1 Å². The first kappa shape index (κ1) is 55.4. The summed E-state index contributed by atoms with van der Waals surface area (Å²) in [5, 5.41) is 2.86. The lowest BCUT2D eigenvalue weighted by atomic mass is 9.84. The van der Waals surface area contributed by atoms with Gasteiger partial charge in [0.1, 0.15) is 16.8 Å². The van der Waals surface area contributed by atoms with Crippen molar-refractivity contribution in [2.24, 2.45) is 11.8 Å². The van der Waals surface area contributed by atoms with Gasteiger partial charge in [0.2, 0.25) is 0 Å². The van der Waals surface area contributed by atoms with E-state index in [0.29, 0.717) is 22.1 Å². The molecule has 2 saturated heterocycles. The van der Waals surface area contributed by atoms with Crippen LogP contribution in [0.2, 0.25) is 13.6 Å². The summed E-state index contributed by atoms with van der Waals surface area (Å²) in [6.45, 7) is 29.9. The molecule has 0 spiro atoms. The normalized spacial score (nSPS) is 21.4. The van der Waals surface area contributed by atoms with Crippen molar-refractivity contribution in [1.29, 1.82) is 1.12 Å². The zero-order valence-corrected chi connectivity index (χ0v) is 43.0. The van der Waals surface area contributed by atoms with Gasteiger partial charge in [-0.05, 0) is 69.2 Å². The highest BCUT2D eigenvalue weighted by atomic mass is 32.2. The van der Waals surface area contributed by atoms with E-state index < -0.39 is 16.8 Å². The highest BCUT2D eigenvalue weighted by Gasteiger charge is 2.26. The summed E-state index contributed by atoms with van der Waals surface area (Å²) in [6, 6.07) is 0. The number of hydrogen-bond acceptors (Lipinski definition) is 15. The third-order valence-electron chi connectivity index (χ3n) is 6.19. The lowest BCUT2D eigenvalue weighted by Crippen LogP contribution is -2.29. The molecule has 0 aromatic rings. The number of carbonyl (C=O) groups excluding carboxylic acids is 3. The predicted molar refractivity (Wildman–Crippen MR) is 264 cm³/mol. The molecule has 0 aliphatic carbocycles. The fourth-order valence-electron chi connectivity index (χ4n) is 3.63. The van der Waals surface area contributed by atoms with Crippen LogP contribution in [0.4, 0.5) is 0 Å². The van der Waals surface area contributed by atoms with Gasteiger partial charge in [-0.3, -0.25) is 9.59 Å². The fourth-order valence-corrected chi connectivity index (χ4v) is 13.6. The van der Waals surface area contributed by atoms with Crippen molar-refractivity contribution in [2.45, 2.75) is 135 Å². The molecule has 16 heteroatoms. The van der Waals surface area contributed by atoms with Crippen LogP contribution in [-0.2, 0) is 28.6 Å². The third-order valence-corrected chi connectivity index (χ3v) is 17.2.